The first-order valence-corrected chi connectivity index (χ1v) is 14.1. The lowest BCUT2D eigenvalue weighted by molar-refractivity contribution is -0.305. The average Bonchev–Trinajstić information content (AvgIpc) is 3.25. The number of benzene rings is 1. The highest BCUT2D eigenvalue weighted by Gasteiger charge is 2.54. The molecule has 0 radical (unpaired) electrons. The fourth-order valence-corrected chi connectivity index (χ4v) is 6.49. The van der Waals surface area contributed by atoms with Crippen LogP contribution in [0.5, 0.6) is 5.75 Å². The first-order valence-electron chi connectivity index (χ1n) is 13.2. The summed E-state index contributed by atoms with van der Waals surface area (Å²) in [6, 6.07) is 7.41. The van der Waals surface area contributed by atoms with Crippen LogP contribution in [0.25, 0.3) is 0 Å². The molecule has 7 nitrogen and oxygen atoms in total. The SMILES string of the molecule is COc1ccc(CN2C(=O)SC[C@H]2[C@@]2(OC)CC3C[C@@H](CC[C@H](C)/C=C\CC/C(C)=C\C(=O)O3)O2)cc1. The number of esters is 1. The van der Waals surface area contributed by atoms with Crippen LogP contribution in [0, 0.1) is 5.92 Å². The molecule has 8 heteroatoms. The average molecular weight is 530 g/mol. The number of amides is 1. The Balaban J connectivity index is 1.59. The van der Waals surface area contributed by atoms with Crippen LogP contribution < -0.4 is 4.74 Å². The minimum Gasteiger partial charge on any atom is -0.497 e. The van der Waals surface area contributed by atoms with E-state index in [0.29, 0.717) is 31.1 Å². The molecule has 5 atom stereocenters. The van der Waals surface area contributed by atoms with Gasteiger partial charge in [0.25, 0.3) is 5.24 Å². The summed E-state index contributed by atoms with van der Waals surface area (Å²) >= 11 is 1.28. The number of hydrogen-bond donors (Lipinski definition) is 0. The molecule has 0 N–H and O–H groups in total. The molecule has 1 aromatic carbocycles. The number of thioether (sulfide) groups is 1. The van der Waals surface area contributed by atoms with Crippen LogP contribution in [0.4, 0.5) is 4.79 Å². The van der Waals surface area contributed by atoms with Gasteiger partial charge in [0.2, 0.25) is 0 Å². The van der Waals surface area contributed by atoms with Crippen molar-refractivity contribution in [2.24, 2.45) is 5.92 Å². The van der Waals surface area contributed by atoms with Crippen LogP contribution in [0.3, 0.4) is 0 Å². The monoisotopic (exact) mass is 529 g/mol. The third-order valence-electron chi connectivity index (χ3n) is 7.51. The van der Waals surface area contributed by atoms with Crippen LogP contribution in [0.1, 0.15) is 57.9 Å². The van der Waals surface area contributed by atoms with Crippen molar-refractivity contribution < 1.29 is 28.5 Å². The maximum Gasteiger partial charge on any atom is 0.330 e. The second-order valence-corrected chi connectivity index (χ2v) is 11.3. The van der Waals surface area contributed by atoms with Crippen LogP contribution in [0.15, 0.2) is 48.1 Å². The maximum absolute atomic E-state index is 13.0. The van der Waals surface area contributed by atoms with Gasteiger partial charge >= 0.3 is 5.97 Å². The second-order valence-electron chi connectivity index (χ2n) is 10.3. The van der Waals surface area contributed by atoms with E-state index in [4.69, 9.17) is 18.9 Å². The van der Waals surface area contributed by atoms with E-state index in [0.717, 1.165) is 42.6 Å². The maximum atomic E-state index is 13.0. The van der Waals surface area contributed by atoms with Gasteiger partial charge in [0.15, 0.2) is 5.79 Å². The van der Waals surface area contributed by atoms with Gasteiger partial charge in [-0.05, 0) is 56.2 Å². The number of methoxy groups -OCH3 is 2. The van der Waals surface area contributed by atoms with Gasteiger partial charge in [-0.15, -0.1) is 0 Å². The summed E-state index contributed by atoms with van der Waals surface area (Å²) in [6.45, 7) is 4.63. The molecule has 0 spiro atoms. The zero-order valence-electron chi connectivity index (χ0n) is 22.3. The number of carbonyl (C=O) groups is 2. The molecular weight excluding hydrogens is 490 g/mol. The van der Waals surface area contributed by atoms with Gasteiger partial charge in [-0.1, -0.05) is 48.5 Å². The lowest BCUT2D eigenvalue weighted by Gasteiger charge is -2.48. The summed E-state index contributed by atoms with van der Waals surface area (Å²) in [6.07, 6.45) is 10.1. The quantitative estimate of drug-likeness (QED) is 0.348. The Morgan fingerprint density at radius 3 is 2.65 bits per heavy atom. The summed E-state index contributed by atoms with van der Waals surface area (Å²) in [5, 5.41) is -0.00373. The van der Waals surface area contributed by atoms with Gasteiger partial charge < -0.3 is 23.8 Å². The molecule has 1 amide bonds. The molecule has 3 aliphatic heterocycles. The molecule has 1 aromatic rings. The second kappa shape index (κ2) is 12.5. The Labute approximate surface area is 224 Å². The van der Waals surface area contributed by atoms with Crippen molar-refractivity contribution in [3.05, 3.63) is 53.6 Å². The first-order chi connectivity index (χ1) is 17.8. The molecule has 1 unspecified atom stereocenters. The van der Waals surface area contributed by atoms with Crippen molar-refractivity contribution in [1.82, 2.24) is 4.90 Å². The molecule has 202 valence electrons. The van der Waals surface area contributed by atoms with Crippen molar-refractivity contribution in [2.75, 3.05) is 20.0 Å². The number of carbonyl (C=O) groups excluding carboxylic acids is 2. The summed E-state index contributed by atoms with van der Waals surface area (Å²) in [5.41, 5.74) is 2.00. The number of rotatable bonds is 5. The van der Waals surface area contributed by atoms with Crippen molar-refractivity contribution >= 4 is 23.0 Å². The van der Waals surface area contributed by atoms with Gasteiger partial charge in [0, 0.05) is 38.3 Å². The Kier molecular flexibility index (Phi) is 9.37. The normalized spacial score (nSPS) is 33.7. The lowest BCUT2D eigenvalue weighted by atomic mass is 9.89. The lowest BCUT2D eigenvalue weighted by Crippen LogP contribution is -2.60. The Bertz CT molecular complexity index is 1010. The van der Waals surface area contributed by atoms with E-state index in [9.17, 15) is 9.59 Å². The van der Waals surface area contributed by atoms with E-state index in [1.54, 1.807) is 20.3 Å². The fraction of sp³-hybridized carbons (Fsp3) is 0.586. The zero-order chi connectivity index (χ0) is 26.4. The molecule has 3 aliphatic rings. The standard InChI is InChI=1S/C29H39NO6S/c1-20-7-5-6-8-21(2)15-27(31)35-25-16-24(12-9-20)36-29(17-25,34-4)26-19-37-28(32)30(26)18-22-10-13-23(33-3)14-11-22/h5,7,10-11,13-15,20,24-26H,6,8-9,12,16-19H2,1-4H3/b7-5-,21-15-/t20-,24-,25?,26+,29-/m1/s1. The predicted octanol–water partition coefficient (Wildman–Crippen LogP) is 5.88. The van der Waals surface area contributed by atoms with E-state index in [-0.39, 0.29) is 29.5 Å². The van der Waals surface area contributed by atoms with Crippen LogP contribution in [0.2, 0.25) is 0 Å². The molecule has 0 aromatic heterocycles. The van der Waals surface area contributed by atoms with Gasteiger partial charge in [0.1, 0.15) is 11.9 Å². The number of allylic oxidation sites excluding steroid dienone is 3. The highest BCUT2D eigenvalue weighted by Crippen LogP contribution is 2.43. The summed E-state index contributed by atoms with van der Waals surface area (Å²) in [7, 11) is 3.27. The third kappa shape index (κ3) is 6.98. The van der Waals surface area contributed by atoms with Crippen molar-refractivity contribution in [2.45, 2.75) is 83.0 Å². The summed E-state index contributed by atoms with van der Waals surface area (Å²) in [4.78, 5) is 27.6. The number of hydrogen-bond acceptors (Lipinski definition) is 7. The van der Waals surface area contributed by atoms with Gasteiger partial charge in [-0.3, -0.25) is 4.79 Å². The zero-order valence-corrected chi connectivity index (χ0v) is 23.1. The number of fused-ring (bicyclic) bond motifs is 2. The minimum atomic E-state index is -1.06. The predicted molar refractivity (Wildman–Crippen MR) is 144 cm³/mol. The number of ether oxygens (including phenoxy) is 4. The van der Waals surface area contributed by atoms with E-state index >= 15 is 0 Å². The molecule has 37 heavy (non-hydrogen) atoms. The van der Waals surface area contributed by atoms with Crippen molar-refractivity contribution in [3.63, 3.8) is 0 Å². The molecule has 2 saturated heterocycles. The smallest absolute Gasteiger partial charge is 0.330 e. The van der Waals surface area contributed by atoms with Crippen molar-refractivity contribution in [1.29, 1.82) is 0 Å². The van der Waals surface area contributed by atoms with Crippen LogP contribution in [-0.2, 0) is 25.5 Å². The molecule has 2 fully saturated rings. The molecule has 4 rings (SSSR count). The van der Waals surface area contributed by atoms with E-state index in [1.165, 1.54) is 11.8 Å². The molecule has 2 bridgehead atoms. The van der Waals surface area contributed by atoms with E-state index < -0.39 is 5.79 Å². The highest BCUT2D eigenvalue weighted by atomic mass is 32.2. The molecule has 0 saturated carbocycles. The Morgan fingerprint density at radius 1 is 1.14 bits per heavy atom. The van der Waals surface area contributed by atoms with Gasteiger partial charge in [-0.2, -0.15) is 0 Å². The Hall–Kier alpha value is -2.29. The molecule has 3 heterocycles. The van der Waals surface area contributed by atoms with Gasteiger partial charge in [0.05, 0.1) is 19.3 Å². The molecular formula is C29H39NO6S. The largest absolute Gasteiger partial charge is 0.497 e. The number of nitrogens with zero attached hydrogens (tertiary/aromatic N) is 1. The minimum absolute atomic E-state index is 0.00373. The van der Waals surface area contributed by atoms with Gasteiger partial charge in [-0.25, -0.2) is 4.79 Å². The topological polar surface area (TPSA) is 74.3 Å². The van der Waals surface area contributed by atoms with Crippen LogP contribution in [-0.4, -0.2) is 60.1 Å². The van der Waals surface area contributed by atoms with Crippen molar-refractivity contribution in [3.8, 4) is 5.75 Å². The van der Waals surface area contributed by atoms with E-state index in [1.807, 2.05) is 36.1 Å². The third-order valence-corrected chi connectivity index (χ3v) is 8.47. The summed E-state index contributed by atoms with van der Waals surface area (Å²) in [5.74, 6) is 0.357. The highest BCUT2D eigenvalue weighted by molar-refractivity contribution is 8.13. The Morgan fingerprint density at radius 2 is 1.92 bits per heavy atom. The summed E-state index contributed by atoms with van der Waals surface area (Å²) < 4.78 is 24.1. The fourth-order valence-electron chi connectivity index (χ4n) is 5.39. The molecule has 0 aliphatic carbocycles. The van der Waals surface area contributed by atoms with Crippen LogP contribution >= 0.6 is 11.8 Å². The van der Waals surface area contributed by atoms with E-state index in [2.05, 4.69) is 19.1 Å². The first kappa shape index (κ1) is 27.7.